The lowest BCUT2D eigenvalue weighted by Crippen LogP contribution is -2.40. The number of rotatable bonds is 2. The zero-order valence-corrected chi connectivity index (χ0v) is 11.7. The smallest absolute Gasteiger partial charge is 0.254 e. The topological polar surface area (TPSA) is 20.3 Å². The van der Waals surface area contributed by atoms with E-state index in [4.69, 9.17) is 0 Å². The molecule has 1 heterocycles. The van der Waals surface area contributed by atoms with Crippen LogP contribution in [-0.4, -0.2) is 29.2 Å². The summed E-state index contributed by atoms with van der Waals surface area (Å²) in [6.45, 7) is 1.10. The zero-order chi connectivity index (χ0) is 14.0. The van der Waals surface area contributed by atoms with Gasteiger partial charge in [0, 0.05) is 24.0 Å². The maximum Gasteiger partial charge on any atom is 0.254 e. The molecule has 0 bridgehead atoms. The molecule has 0 aromatic heterocycles. The van der Waals surface area contributed by atoms with E-state index in [9.17, 15) is 18.0 Å². The molecule has 0 radical (unpaired) electrons. The minimum absolute atomic E-state index is 0.147. The number of amides is 1. The molecule has 1 aromatic carbocycles. The Labute approximate surface area is 117 Å². The monoisotopic (exact) mass is 335 g/mol. The lowest BCUT2D eigenvalue weighted by atomic mass is 9.99. The van der Waals surface area contributed by atoms with E-state index in [1.165, 1.54) is 0 Å². The molecule has 1 aliphatic heterocycles. The molecular weight excluding hydrogens is 323 g/mol. The molecule has 0 spiro atoms. The lowest BCUT2D eigenvalue weighted by Gasteiger charge is -2.32. The molecule has 1 amide bonds. The van der Waals surface area contributed by atoms with Crippen LogP contribution in [0.5, 0.6) is 0 Å². The summed E-state index contributed by atoms with van der Waals surface area (Å²) in [5.74, 6) is -4.33. The molecule has 104 valence electrons. The molecule has 1 saturated heterocycles. The molecule has 6 heteroatoms. The standard InChI is InChI=1S/C13H13BrF3NO/c14-6-8-2-1-3-18(7-8)13(19)9-4-10(15)12(17)11(16)5-9/h4-5,8H,1-3,6-7H2. The average molecular weight is 336 g/mol. The van der Waals surface area contributed by atoms with Crippen molar-refractivity contribution >= 4 is 21.8 Å². The second kappa shape index (κ2) is 5.94. The van der Waals surface area contributed by atoms with Crippen molar-refractivity contribution in [2.45, 2.75) is 12.8 Å². The van der Waals surface area contributed by atoms with Crippen LogP contribution in [0.15, 0.2) is 12.1 Å². The van der Waals surface area contributed by atoms with E-state index in [1.807, 2.05) is 0 Å². The van der Waals surface area contributed by atoms with Gasteiger partial charge in [-0.2, -0.15) is 0 Å². The van der Waals surface area contributed by atoms with Crippen molar-refractivity contribution in [1.29, 1.82) is 0 Å². The van der Waals surface area contributed by atoms with E-state index in [0.29, 0.717) is 19.0 Å². The van der Waals surface area contributed by atoms with Crippen molar-refractivity contribution in [2.24, 2.45) is 5.92 Å². The SMILES string of the molecule is O=C(c1cc(F)c(F)c(F)c1)N1CCCC(CBr)C1. The quantitative estimate of drug-likeness (QED) is 0.599. The van der Waals surface area contributed by atoms with Crippen LogP contribution in [0.4, 0.5) is 13.2 Å². The summed E-state index contributed by atoms with van der Waals surface area (Å²) in [6.07, 6.45) is 1.87. The predicted octanol–water partition coefficient (Wildman–Crippen LogP) is 3.35. The fourth-order valence-corrected chi connectivity index (χ4v) is 2.77. The Morgan fingerprint density at radius 3 is 2.53 bits per heavy atom. The first-order valence-corrected chi connectivity index (χ1v) is 7.15. The third kappa shape index (κ3) is 3.11. The highest BCUT2D eigenvalue weighted by Crippen LogP contribution is 2.21. The third-order valence-electron chi connectivity index (χ3n) is 3.26. The van der Waals surface area contributed by atoms with Crippen LogP contribution >= 0.6 is 15.9 Å². The van der Waals surface area contributed by atoms with E-state index in [2.05, 4.69) is 15.9 Å². The van der Waals surface area contributed by atoms with Gasteiger partial charge in [-0.15, -0.1) is 0 Å². The van der Waals surface area contributed by atoms with E-state index < -0.39 is 23.4 Å². The number of benzene rings is 1. The van der Waals surface area contributed by atoms with Crippen molar-refractivity contribution in [2.75, 3.05) is 18.4 Å². The maximum atomic E-state index is 13.1. The number of hydrogen-bond acceptors (Lipinski definition) is 1. The van der Waals surface area contributed by atoms with Crippen LogP contribution in [0.1, 0.15) is 23.2 Å². The minimum atomic E-state index is -1.55. The summed E-state index contributed by atoms with van der Waals surface area (Å²) < 4.78 is 39.1. The number of nitrogens with zero attached hydrogens (tertiary/aromatic N) is 1. The van der Waals surface area contributed by atoms with Crippen LogP contribution in [0.2, 0.25) is 0 Å². The Morgan fingerprint density at radius 2 is 1.95 bits per heavy atom. The number of hydrogen-bond donors (Lipinski definition) is 0. The Bertz CT molecular complexity index is 472. The molecule has 2 nitrogen and oxygen atoms in total. The second-order valence-corrected chi connectivity index (χ2v) is 5.32. The van der Waals surface area contributed by atoms with Crippen molar-refractivity contribution in [3.8, 4) is 0 Å². The minimum Gasteiger partial charge on any atom is -0.338 e. The summed E-state index contributed by atoms with van der Waals surface area (Å²) in [5, 5.41) is 0.781. The lowest BCUT2D eigenvalue weighted by molar-refractivity contribution is 0.0684. The van der Waals surface area contributed by atoms with Gasteiger partial charge in [-0.25, -0.2) is 13.2 Å². The highest BCUT2D eigenvalue weighted by molar-refractivity contribution is 9.09. The number of halogens is 4. The van der Waals surface area contributed by atoms with Crippen molar-refractivity contribution in [3.05, 3.63) is 35.1 Å². The molecule has 1 fully saturated rings. The van der Waals surface area contributed by atoms with Crippen molar-refractivity contribution < 1.29 is 18.0 Å². The molecule has 1 aliphatic rings. The first-order chi connectivity index (χ1) is 9.02. The molecule has 19 heavy (non-hydrogen) atoms. The van der Waals surface area contributed by atoms with Gasteiger partial charge < -0.3 is 4.90 Å². The van der Waals surface area contributed by atoms with Gasteiger partial charge in [0.05, 0.1) is 0 Å². The van der Waals surface area contributed by atoms with Gasteiger partial charge in [-0.3, -0.25) is 4.79 Å². The molecule has 1 aromatic rings. The van der Waals surface area contributed by atoms with E-state index in [0.717, 1.165) is 30.3 Å². The maximum absolute atomic E-state index is 13.1. The van der Waals surface area contributed by atoms with Crippen LogP contribution in [-0.2, 0) is 0 Å². The Hall–Kier alpha value is -1.04. The first-order valence-electron chi connectivity index (χ1n) is 6.02. The van der Waals surface area contributed by atoms with Crippen LogP contribution < -0.4 is 0 Å². The predicted molar refractivity (Wildman–Crippen MR) is 68.7 cm³/mol. The molecule has 1 atom stereocenters. The summed E-state index contributed by atoms with van der Waals surface area (Å²) in [5.41, 5.74) is -0.147. The van der Waals surface area contributed by atoms with Gasteiger partial charge in [-0.05, 0) is 30.9 Å². The van der Waals surface area contributed by atoms with Crippen LogP contribution in [0, 0.1) is 23.4 Å². The highest BCUT2D eigenvalue weighted by Gasteiger charge is 2.25. The second-order valence-electron chi connectivity index (χ2n) is 4.67. The largest absolute Gasteiger partial charge is 0.338 e. The zero-order valence-electron chi connectivity index (χ0n) is 10.1. The molecule has 0 N–H and O–H groups in total. The number of piperidine rings is 1. The Balaban J connectivity index is 2.19. The Morgan fingerprint density at radius 1 is 1.32 bits per heavy atom. The fourth-order valence-electron chi connectivity index (χ4n) is 2.24. The number of carbonyl (C=O) groups is 1. The first kappa shape index (κ1) is 14.4. The summed E-state index contributed by atoms with van der Waals surface area (Å²) in [7, 11) is 0. The van der Waals surface area contributed by atoms with Gasteiger partial charge in [-0.1, -0.05) is 15.9 Å². The van der Waals surface area contributed by atoms with E-state index in [-0.39, 0.29) is 5.56 Å². The van der Waals surface area contributed by atoms with Crippen LogP contribution in [0.3, 0.4) is 0 Å². The molecule has 0 saturated carbocycles. The highest BCUT2D eigenvalue weighted by atomic mass is 79.9. The Kier molecular flexibility index (Phi) is 4.50. The van der Waals surface area contributed by atoms with Crippen molar-refractivity contribution in [1.82, 2.24) is 4.90 Å². The number of likely N-dealkylation sites (tertiary alicyclic amines) is 1. The molecule has 2 rings (SSSR count). The average Bonchev–Trinajstić information content (AvgIpc) is 2.43. The van der Waals surface area contributed by atoms with Gasteiger partial charge in [0.15, 0.2) is 17.5 Å². The van der Waals surface area contributed by atoms with Gasteiger partial charge in [0.1, 0.15) is 0 Å². The normalized spacial score (nSPS) is 19.6. The number of alkyl halides is 1. The third-order valence-corrected chi connectivity index (χ3v) is 4.17. The summed E-state index contributed by atoms with van der Waals surface area (Å²) in [4.78, 5) is 13.7. The molecule has 0 aliphatic carbocycles. The van der Waals surface area contributed by atoms with Crippen molar-refractivity contribution in [3.63, 3.8) is 0 Å². The fraction of sp³-hybridized carbons (Fsp3) is 0.462. The number of carbonyl (C=O) groups excluding carboxylic acids is 1. The van der Waals surface area contributed by atoms with Crippen LogP contribution in [0.25, 0.3) is 0 Å². The van der Waals surface area contributed by atoms with Gasteiger partial charge in [0.2, 0.25) is 0 Å². The molecule has 1 unspecified atom stereocenters. The van der Waals surface area contributed by atoms with E-state index >= 15 is 0 Å². The molecular formula is C13H13BrF3NO. The summed E-state index contributed by atoms with van der Waals surface area (Å²) >= 11 is 3.37. The van der Waals surface area contributed by atoms with Gasteiger partial charge >= 0.3 is 0 Å². The summed E-state index contributed by atoms with van der Waals surface area (Å²) in [6, 6.07) is 1.50. The van der Waals surface area contributed by atoms with Gasteiger partial charge in [0.25, 0.3) is 5.91 Å². The van der Waals surface area contributed by atoms with E-state index in [1.54, 1.807) is 4.90 Å².